The van der Waals surface area contributed by atoms with Crippen LogP contribution < -0.4 is 5.32 Å². The number of esters is 1. The van der Waals surface area contributed by atoms with Gasteiger partial charge in [-0.1, -0.05) is 47.5 Å². The van der Waals surface area contributed by atoms with Crippen molar-refractivity contribution in [1.82, 2.24) is 0 Å². The van der Waals surface area contributed by atoms with Crippen LogP contribution in [0.4, 0.5) is 5.69 Å². The summed E-state index contributed by atoms with van der Waals surface area (Å²) in [5, 5.41) is 3.29. The molecule has 2 aromatic carbocycles. The average Bonchev–Trinajstić information content (AvgIpc) is 2.54. The van der Waals surface area contributed by atoms with Gasteiger partial charge >= 0.3 is 5.97 Å². The summed E-state index contributed by atoms with van der Waals surface area (Å²) in [7, 11) is 0. The predicted octanol–water partition coefficient (Wildman–Crippen LogP) is 4.11. The van der Waals surface area contributed by atoms with Crippen molar-refractivity contribution in [2.45, 2.75) is 26.4 Å². The molecule has 2 rings (SSSR count). The Kier molecular flexibility index (Phi) is 6.18. The van der Waals surface area contributed by atoms with Crippen molar-refractivity contribution in [3.8, 4) is 0 Å². The third-order valence-corrected chi connectivity index (χ3v) is 3.61. The van der Waals surface area contributed by atoms with Crippen LogP contribution in [0.25, 0.3) is 0 Å². The lowest BCUT2D eigenvalue weighted by atomic mass is 10.2. The molecule has 4 nitrogen and oxygen atoms in total. The molecule has 1 amide bonds. The van der Waals surface area contributed by atoms with E-state index in [0.717, 1.165) is 11.1 Å². The van der Waals surface area contributed by atoms with Crippen LogP contribution in [-0.4, -0.2) is 11.9 Å². The van der Waals surface area contributed by atoms with E-state index in [0.29, 0.717) is 10.7 Å². The molecule has 0 aliphatic rings. The highest BCUT2D eigenvalue weighted by atomic mass is 35.5. The largest absolute Gasteiger partial charge is 0.461 e. The fourth-order valence-electron chi connectivity index (χ4n) is 1.92. The van der Waals surface area contributed by atoms with E-state index in [1.807, 2.05) is 43.3 Å². The molecule has 0 spiro atoms. The number of carbonyl (C=O) groups is 2. The monoisotopic (exact) mass is 331 g/mol. The van der Waals surface area contributed by atoms with Crippen molar-refractivity contribution in [3.63, 3.8) is 0 Å². The summed E-state index contributed by atoms with van der Waals surface area (Å²) in [4.78, 5) is 23.5. The van der Waals surface area contributed by atoms with E-state index in [1.165, 1.54) is 0 Å². The molecular formula is C18H18ClNO3. The van der Waals surface area contributed by atoms with Gasteiger partial charge in [0, 0.05) is 22.7 Å². The van der Waals surface area contributed by atoms with Crippen LogP contribution in [0.2, 0.25) is 5.02 Å². The van der Waals surface area contributed by atoms with Crippen molar-refractivity contribution < 1.29 is 14.3 Å². The number of anilines is 1. The van der Waals surface area contributed by atoms with Gasteiger partial charge in [-0.3, -0.25) is 9.59 Å². The molecule has 0 atom stereocenters. The molecule has 0 aliphatic heterocycles. The van der Waals surface area contributed by atoms with Gasteiger partial charge in [0.25, 0.3) is 0 Å². The Bertz CT molecular complexity index is 683. The van der Waals surface area contributed by atoms with Crippen molar-refractivity contribution in [2.75, 3.05) is 5.32 Å². The van der Waals surface area contributed by atoms with E-state index >= 15 is 0 Å². The lowest BCUT2D eigenvalue weighted by Crippen LogP contribution is -2.14. The minimum absolute atomic E-state index is 0.0299. The first-order chi connectivity index (χ1) is 11.0. The van der Waals surface area contributed by atoms with E-state index < -0.39 is 5.97 Å². The number of hydrogen-bond acceptors (Lipinski definition) is 3. The number of carbonyl (C=O) groups excluding carboxylic acids is 2. The number of amides is 1. The fraction of sp³-hybridized carbons (Fsp3) is 0.222. The Labute approximate surface area is 140 Å². The summed E-state index contributed by atoms with van der Waals surface area (Å²) < 4.78 is 5.12. The highest BCUT2D eigenvalue weighted by molar-refractivity contribution is 6.31. The second-order valence-electron chi connectivity index (χ2n) is 5.17. The quantitative estimate of drug-likeness (QED) is 0.810. The molecule has 0 radical (unpaired) electrons. The van der Waals surface area contributed by atoms with Crippen molar-refractivity contribution in [3.05, 3.63) is 64.7 Å². The van der Waals surface area contributed by atoms with Gasteiger partial charge in [-0.2, -0.15) is 0 Å². The Morgan fingerprint density at radius 3 is 2.43 bits per heavy atom. The van der Waals surface area contributed by atoms with Crippen molar-refractivity contribution in [2.24, 2.45) is 0 Å². The summed E-state index contributed by atoms with van der Waals surface area (Å²) in [5.41, 5.74) is 2.57. The fourth-order valence-corrected chi connectivity index (χ4v) is 2.11. The second kappa shape index (κ2) is 8.34. The van der Waals surface area contributed by atoms with Crippen molar-refractivity contribution >= 4 is 29.2 Å². The third kappa shape index (κ3) is 5.75. The van der Waals surface area contributed by atoms with E-state index in [-0.39, 0.29) is 25.4 Å². The van der Waals surface area contributed by atoms with Crippen LogP contribution in [0.15, 0.2) is 48.5 Å². The topological polar surface area (TPSA) is 55.4 Å². The number of rotatable bonds is 6. The maximum Gasteiger partial charge on any atom is 0.306 e. The van der Waals surface area contributed by atoms with Crippen LogP contribution in [0.3, 0.4) is 0 Å². The molecule has 2 aromatic rings. The van der Waals surface area contributed by atoms with Gasteiger partial charge in [0.2, 0.25) is 5.91 Å². The number of aryl methyl sites for hydroxylation is 1. The zero-order chi connectivity index (χ0) is 16.7. The maximum absolute atomic E-state index is 11.8. The highest BCUT2D eigenvalue weighted by Gasteiger charge is 2.09. The molecule has 1 N–H and O–H groups in total. The molecule has 0 unspecified atom stereocenters. The van der Waals surface area contributed by atoms with Gasteiger partial charge in [-0.05, 0) is 25.1 Å². The zero-order valence-corrected chi connectivity index (χ0v) is 13.6. The molecule has 23 heavy (non-hydrogen) atoms. The van der Waals surface area contributed by atoms with Gasteiger partial charge in [0.05, 0.1) is 6.42 Å². The van der Waals surface area contributed by atoms with Crippen LogP contribution in [-0.2, 0) is 20.9 Å². The van der Waals surface area contributed by atoms with E-state index in [1.54, 1.807) is 12.1 Å². The average molecular weight is 332 g/mol. The van der Waals surface area contributed by atoms with Crippen LogP contribution in [0.1, 0.15) is 24.0 Å². The molecular weight excluding hydrogens is 314 g/mol. The standard InChI is InChI=1S/C18H18ClNO3/c1-13-6-8-15(9-7-13)20-17(21)10-11-18(22)23-12-14-4-2-3-5-16(14)19/h2-9H,10-12H2,1H3,(H,20,21). The summed E-state index contributed by atoms with van der Waals surface area (Å²) in [6.45, 7) is 2.08. The first kappa shape index (κ1) is 17.0. The molecule has 0 fully saturated rings. The summed E-state index contributed by atoms with van der Waals surface area (Å²) in [6.07, 6.45) is 0.109. The predicted molar refractivity (Wildman–Crippen MR) is 90.3 cm³/mol. The number of hydrogen-bond donors (Lipinski definition) is 1. The number of halogens is 1. The minimum atomic E-state index is -0.427. The second-order valence-corrected chi connectivity index (χ2v) is 5.57. The number of ether oxygens (including phenoxy) is 1. The summed E-state index contributed by atoms with van der Waals surface area (Å²) in [6, 6.07) is 14.6. The lowest BCUT2D eigenvalue weighted by Gasteiger charge is -2.07. The maximum atomic E-state index is 11.8. The molecule has 0 bridgehead atoms. The number of nitrogens with one attached hydrogen (secondary N) is 1. The van der Waals surface area contributed by atoms with Gasteiger partial charge in [0.1, 0.15) is 6.61 Å². The van der Waals surface area contributed by atoms with Gasteiger partial charge in [0.15, 0.2) is 0 Å². The molecule has 0 saturated carbocycles. The Morgan fingerprint density at radius 2 is 1.74 bits per heavy atom. The first-order valence-electron chi connectivity index (χ1n) is 7.30. The van der Waals surface area contributed by atoms with Gasteiger partial charge in [-0.25, -0.2) is 0 Å². The Hall–Kier alpha value is -2.33. The normalized spacial score (nSPS) is 10.2. The van der Waals surface area contributed by atoms with Crippen LogP contribution in [0.5, 0.6) is 0 Å². The SMILES string of the molecule is Cc1ccc(NC(=O)CCC(=O)OCc2ccccc2Cl)cc1. The summed E-state index contributed by atoms with van der Waals surface area (Å²) >= 11 is 5.98. The highest BCUT2D eigenvalue weighted by Crippen LogP contribution is 2.16. The van der Waals surface area contributed by atoms with E-state index in [9.17, 15) is 9.59 Å². The molecule has 0 heterocycles. The number of benzene rings is 2. The molecule has 0 aromatic heterocycles. The Morgan fingerprint density at radius 1 is 1.04 bits per heavy atom. The van der Waals surface area contributed by atoms with Gasteiger partial charge in [-0.15, -0.1) is 0 Å². The van der Waals surface area contributed by atoms with Gasteiger partial charge < -0.3 is 10.1 Å². The third-order valence-electron chi connectivity index (χ3n) is 3.24. The zero-order valence-electron chi connectivity index (χ0n) is 12.8. The molecule has 120 valence electrons. The van der Waals surface area contributed by atoms with Crippen LogP contribution in [0, 0.1) is 6.92 Å². The van der Waals surface area contributed by atoms with Crippen molar-refractivity contribution in [1.29, 1.82) is 0 Å². The molecule has 0 saturated heterocycles. The smallest absolute Gasteiger partial charge is 0.306 e. The first-order valence-corrected chi connectivity index (χ1v) is 7.68. The van der Waals surface area contributed by atoms with E-state index in [4.69, 9.17) is 16.3 Å². The van der Waals surface area contributed by atoms with Crippen LogP contribution >= 0.6 is 11.6 Å². The van der Waals surface area contributed by atoms with E-state index in [2.05, 4.69) is 5.32 Å². The summed E-state index contributed by atoms with van der Waals surface area (Å²) in [5.74, 6) is -0.646. The minimum Gasteiger partial charge on any atom is -0.461 e. The molecule has 5 heteroatoms. The Balaban J connectivity index is 1.72. The lowest BCUT2D eigenvalue weighted by molar-refractivity contribution is -0.145. The molecule has 0 aliphatic carbocycles.